The molecule has 32 heavy (non-hydrogen) atoms. The number of nitrogens with one attached hydrogen (secondary N) is 2. The molecule has 0 unspecified atom stereocenters. The molecule has 3 rings (SSSR count). The van der Waals surface area contributed by atoms with E-state index in [1.807, 2.05) is 13.8 Å². The van der Waals surface area contributed by atoms with Crippen molar-refractivity contribution in [3.8, 4) is 0 Å². The lowest BCUT2D eigenvalue weighted by Crippen LogP contribution is -2.42. The number of para-hydroxylation sites is 1. The van der Waals surface area contributed by atoms with Crippen LogP contribution < -0.4 is 10.0 Å². The molecule has 2 N–H and O–H groups in total. The molecule has 0 radical (unpaired) electrons. The minimum atomic E-state index is -3.59. The Morgan fingerprint density at radius 3 is 2.28 bits per heavy atom. The second-order valence-corrected chi connectivity index (χ2v) is 11.9. The Morgan fingerprint density at radius 2 is 1.66 bits per heavy atom. The van der Waals surface area contributed by atoms with Crippen LogP contribution in [0.25, 0.3) is 0 Å². The Bertz CT molecular complexity index is 1200. The van der Waals surface area contributed by atoms with E-state index in [9.17, 15) is 21.6 Å². The molecule has 0 spiro atoms. The Hall–Kier alpha value is -2.43. The van der Waals surface area contributed by atoms with Gasteiger partial charge in [-0.15, -0.1) is 0 Å². The van der Waals surface area contributed by atoms with Crippen LogP contribution in [0.5, 0.6) is 0 Å². The van der Waals surface area contributed by atoms with Crippen LogP contribution >= 0.6 is 0 Å². The van der Waals surface area contributed by atoms with Crippen molar-refractivity contribution in [2.75, 3.05) is 24.1 Å². The topological polar surface area (TPSA) is 113 Å². The molecule has 2 aromatic carbocycles. The third-order valence-corrected chi connectivity index (χ3v) is 8.19. The highest BCUT2D eigenvalue weighted by Gasteiger charge is 2.32. The molecule has 1 aliphatic rings. The van der Waals surface area contributed by atoms with E-state index in [4.69, 9.17) is 0 Å². The average molecular weight is 480 g/mol. The van der Waals surface area contributed by atoms with E-state index >= 15 is 0 Å². The maximum atomic E-state index is 13.0. The van der Waals surface area contributed by atoms with E-state index in [0.29, 0.717) is 24.1 Å². The summed E-state index contributed by atoms with van der Waals surface area (Å²) < 4.78 is 52.9. The third-order valence-electron chi connectivity index (χ3n) is 5.71. The highest BCUT2D eigenvalue weighted by molar-refractivity contribution is 7.92. The Balaban J connectivity index is 1.59. The SMILES string of the molecule is Cc1ccc(S(=O)(=O)N2CCC(C(=O)NCc3ccccc3NS(C)(=O)=O)CC2)cc1C. The number of aryl methyl sites for hydroxylation is 2. The summed E-state index contributed by atoms with van der Waals surface area (Å²) in [6.07, 6.45) is 1.93. The van der Waals surface area contributed by atoms with E-state index in [-0.39, 0.29) is 36.4 Å². The molecule has 174 valence electrons. The predicted molar refractivity (Wildman–Crippen MR) is 124 cm³/mol. The second-order valence-electron chi connectivity index (χ2n) is 8.17. The molecule has 0 bridgehead atoms. The molecule has 1 amide bonds. The van der Waals surface area contributed by atoms with Gasteiger partial charge in [-0.2, -0.15) is 4.31 Å². The van der Waals surface area contributed by atoms with Crippen LogP contribution in [0.2, 0.25) is 0 Å². The van der Waals surface area contributed by atoms with E-state index < -0.39 is 20.0 Å². The maximum absolute atomic E-state index is 13.0. The number of amides is 1. The molecule has 1 aliphatic heterocycles. The van der Waals surface area contributed by atoms with Gasteiger partial charge in [-0.25, -0.2) is 16.8 Å². The number of nitrogens with zero attached hydrogens (tertiary/aromatic N) is 1. The van der Waals surface area contributed by atoms with Gasteiger partial charge >= 0.3 is 0 Å². The van der Waals surface area contributed by atoms with Crippen LogP contribution in [0.4, 0.5) is 5.69 Å². The summed E-state index contributed by atoms with van der Waals surface area (Å²) in [5.41, 5.74) is 3.03. The van der Waals surface area contributed by atoms with Crippen molar-refractivity contribution < 1.29 is 21.6 Å². The van der Waals surface area contributed by atoms with Crippen molar-refractivity contribution in [3.63, 3.8) is 0 Å². The summed E-state index contributed by atoms with van der Waals surface area (Å²) in [5, 5.41) is 2.85. The van der Waals surface area contributed by atoms with E-state index in [2.05, 4.69) is 10.0 Å². The fourth-order valence-corrected chi connectivity index (χ4v) is 5.84. The molecule has 0 saturated carbocycles. The first-order valence-corrected chi connectivity index (χ1v) is 13.7. The molecule has 1 heterocycles. The lowest BCUT2D eigenvalue weighted by atomic mass is 9.97. The fourth-order valence-electron chi connectivity index (χ4n) is 3.68. The van der Waals surface area contributed by atoms with E-state index in [1.54, 1.807) is 42.5 Å². The largest absolute Gasteiger partial charge is 0.352 e. The monoisotopic (exact) mass is 479 g/mol. The van der Waals surface area contributed by atoms with Gasteiger partial charge in [0.2, 0.25) is 26.0 Å². The minimum absolute atomic E-state index is 0.164. The van der Waals surface area contributed by atoms with Gasteiger partial charge in [-0.05, 0) is 61.6 Å². The van der Waals surface area contributed by atoms with Crippen molar-refractivity contribution in [1.82, 2.24) is 9.62 Å². The molecule has 0 atom stereocenters. The Labute approximate surface area is 190 Å². The summed E-state index contributed by atoms with van der Waals surface area (Å²) in [5.74, 6) is -0.460. The van der Waals surface area contributed by atoms with Gasteiger partial charge in [0.15, 0.2) is 0 Å². The normalized spacial score (nSPS) is 16.0. The maximum Gasteiger partial charge on any atom is 0.243 e. The zero-order chi connectivity index (χ0) is 23.5. The highest BCUT2D eigenvalue weighted by atomic mass is 32.2. The first kappa shape index (κ1) is 24.2. The Morgan fingerprint density at radius 1 is 1.00 bits per heavy atom. The van der Waals surface area contributed by atoms with Crippen molar-refractivity contribution >= 4 is 31.6 Å². The number of carbonyl (C=O) groups is 1. The molecule has 0 aromatic heterocycles. The molecular weight excluding hydrogens is 450 g/mol. The third kappa shape index (κ3) is 5.87. The van der Waals surface area contributed by atoms with E-state index in [1.165, 1.54) is 4.31 Å². The number of benzene rings is 2. The smallest absolute Gasteiger partial charge is 0.243 e. The highest BCUT2D eigenvalue weighted by Crippen LogP contribution is 2.25. The predicted octanol–water partition coefficient (Wildman–Crippen LogP) is 2.39. The van der Waals surface area contributed by atoms with Crippen LogP contribution in [0.3, 0.4) is 0 Å². The number of sulfonamides is 2. The van der Waals surface area contributed by atoms with Crippen molar-refractivity contribution in [1.29, 1.82) is 0 Å². The number of hydrogen-bond donors (Lipinski definition) is 2. The van der Waals surface area contributed by atoms with Crippen LogP contribution in [-0.4, -0.2) is 46.4 Å². The number of rotatable bonds is 7. The summed E-state index contributed by atoms with van der Waals surface area (Å²) >= 11 is 0. The first-order chi connectivity index (χ1) is 15.0. The average Bonchev–Trinajstić information content (AvgIpc) is 2.73. The molecule has 8 nitrogen and oxygen atoms in total. The van der Waals surface area contributed by atoms with Crippen LogP contribution in [0, 0.1) is 19.8 Å². The molecule has 1 fully saturated rings. The summed E-state index contributed by atoms with van der Waals surface area (Å²) in [6, 6.07) is 12.0. The summed E-state index contributed by atoms with van der Waals surface area (Å²) in [6.45, 7) is 4.55. The van der Waals surface area contributed by atoms with Gasteiger partial charge in [0.1, 0.15) is 0 Å². The van der Waals surface area contributed by atoms with Crippen LogP contribution in [0.15, 0.2) is 47.4 Å². The van der Waals surface area contributed by atoms with Crippen molar-refractivity contribution in [3.05, 3.63) is 59.2 Å². The molecule has 1 saturated heterocycles. The zero-order valence-corrected chi connectivity index (χ0v) is 20.1. The Kier molecular flexibility index (Phi) is 7.26. The minimum Gasteiger partial charge on any atom is -0.352 e. The van der Waals surface area contributed by atoms with Gasteiger partial charge in [0, 0.05) is 25.6 Å². The number of carbonyl (C=O) groups excluding carboxylic acids is 1. The number of piperidine rings is 1. The number of anilines is 1. The molecular formula is C22H29N3O5S2. The summed E-state index contributed by atoms with van der Waals surface area (Å²) in [4.78, 5) is 12.9. The van der Waals surface area contributed by atoms with Gasteiger partial charge in [-0.1, -0.05) is 24.3 Å². The molecule has 2 aromatic rings. The van der Waals surface area contributed by atoms with Crippen LogP contribution in [0.1, 0.15) is 29.5 Å². The molecule has 10 heteroatoms. The quantitative estimate of drug-likeness (QED) is 0.633. The van der Waals surface area contributed by atoms with Gasteiger partial charge in [0.05, 0.1) is 16.8 Å². The lowest BCUT2D eigenvalue weighted by molar-refractivity contribution is -0.126. The second kappa shape index (κ2) is 9.60. The van der Waals surface area contributed by atoms with Gasteiger partial charge < -0.3 is 5.32 Å². The zero-order valence-electron chi connectivity index (χ0n) is 18.5. The number of hydrogen-bond acceptors (Lipinski definition) is 5. The van der Waals surface area contributed by atoms with Gasteiger partial charge in [0.25, 0.3) is 0 Å². The fraction of sp³-hybridized carbons (Fsp3) is 0.409. The van der Waals surface area contributed by atoms with E-state index in [0.717, 1.165) is 17.4 Å². The standard InChI is InChI=1S/C22H29N3O5S2/c1-16-8-9-20(14-17(16)2)32(29,30)25-12-10-18(11-13-25)22(26)23-15-19-6-4-5-7-21(19)24-31(3,27)28/h4-9,14,18,24H,10-13,15H2,1-3H3,(H,23,26). The van der Waals surface area contributed by atoms with Crippen LogP contribution in [-0.2, 0) is 31.4 Å². The van der Waals surface area contributed by atoms with Gasteiger partial charge in [-0.3, -0.25) is 9.52 Å². The first-order valence-electron chi connectivity index (χ1n) is 10.4. The lowest BCUT2D eigenvalue weighted by Gasteiger charge is -2.30. The summed E-state index contributed by atoms with van der Waals surface area (Å²) in [7, 11) is -7.02. The molecule has 0 aliphatic carbocycles. The van der Waals surface area contributed by atoms with Crippen molar-refractivity contribution in [2.45, 2.75) is 38.1 Å². The van der Waals surface area contributed by atoms with Crippen molar-refractivity contribution in [2.24, 2.45) is 5.92 Å².